The van der Waals surface area contributed by atoms with Crippen LogP contribution in [0.25, 0.3) is 44.5 Å². The van der Waals surface area contributed by atoms with Gasteiger partial charge < -0.3 is 5.11 Å². The first-order chi connectivity index (χ1) is 12.3. The van der Waals surface area contributed by atoms with Crippen LogP contribution in [0.1, 0.15) is 0 Å². The van der Waals surface area contributed by atoms with Gasteiger partial charge in [-0.25, -0.2) is 0 Å². The Bertz CT molecular complexity index is 1090. The van der Waals surface area contributed by atoms with Crippen molar-refractivity contribution >= 4 is 0 Å². The van der Waals surface area contributed by atoms with Crippen LogP contribution in [0.4, 0.5) is 0 Å². The maximum absolute atomic E-state index is 10.4. The average molecular weight is 320 g/mol. The highest BCUT2D eigenvalue weighted by Crippen LogP contribution is 2.56. The summed E-state index contributed by atoms with van der Waals surface area (Å²) in [4.78, 5) is 0. The lowest BCUT2D eigenvalue weighted by atomic mass is 9.75. The Morgan fingerprint density at radius 1 is 0.400 bits per heavy atom. The van der Waals surface area contributed by atoms with Crippen molar-refractivity contribution in [1.82, 2.24) is 0 Å². The largest absolute Gasteiger partial charge is 0.507 e. The summed E-state index contributed by atoms with van der Waals surface area (Å²) in [5, 5.41) is 10.4. The van der Waals surface area contributed by atoms with Gasteiger partial charge in [-0.05, 0) is 39.4 Å². The molecule has 0 radical (unpaired) electrons. The molecule has 1 aliphatic rings. The maximum Gasteiger partial charge on any atom is 0.124 e. The molecule has 4 aromatic rings. The van der Waals surface area contributed by atoms with E-state index in [0.29, 0.717) is 5.75 Å². The number of benzene rings is 4. The molecular formula is C24H16O. The minimum Gasteiger partial charge on any atom is -0.507 e. The van der Waals surface area contributed by atoms with Crippen molar-refractivity contribution in [2.45, 2.75) is 0 Å². The lowest BCUT2D eigenvalue weighted by molar-refractivity contribution is 0.477. The van der Waals surface area contributed by atoms with Crippen LogP contribution in [0.3, 0.4) is 0 Å². The summed E-state index contributed by atoms with van der Waals surface area (Å²) >= 11 is 0. The monoisotopic (exact) mass is 320 g/mol. The van der Waals surface area contributed by atoms with Crippen molar-refractivity contribution in [3.63, 3.8) is 0 Å². The van der Waals surface area contributed by atoms with Crippen molar-refractivity contribution in [3.05, 3.63) is 91.0 Å². The third-order valence-electron chi connectivity index (χ3n) is 4.95. The number of hydrogen-bond acceptors (Lipinski definition) is 1. The standard InChI is InChI=1S/C24H16O/c25-22-15-14-21(23-19-12-6-7-13-20(19)24(22)23)18-11-5-4-10-17(18)16-8-2-1-3-9-16/h1-15,25H. The molecule has 1 aliphatic carbocycles. The lowest BCUT2D eigenvalue weighted by Crippen LogP contribution is -2.01. The Hall–Kier alpha value is -3.32. The molecule has 1 heteroatoms. The molecule has 4 aromatic carbocycles. The maximum atomic E-state index is 10.4. The van der Waals surface area contributed by atoms with Crippen molar-refractivity contribution in [2.24, 2.45) is 0 Å². The minimum absolute atomic E-state index is 0.356. The summed E-state index contributed by atoms with van der Waals surface area (Å²) in [6.45, 7) is 0. The fourth-order valence-corrected chi connectivity index (χ4v) is 3.81. The highest BCUT2D eigenvalue weighted by Gasteiger charge is 2.29. The second-order valence-electron chi connectivity index (χ2n) is 6.34. The molecule has 0 amide bonds. The van der Waals surface area contributed by atoms with Crippen LogP contribution in [-0.4, -0.2) is 5.11 Å². The van der Waals surface area contributed by atoms with Crippen LogP contribution in [0.5, 0.6) is 5.75 Å². The highest BCUT2D eigenvalue weighted by molar-refractivity contribution is 6.11. The van der Waals surface area contributed by atoms with Crippen LogP contribution < -0.4 is 0 Å². The number of phenols is 1. The molecule has 1 nitrogen and oxygen atoms in total. The number of fused-ring (bicyclic) bond motifs is 4. The molecule has 5 rings (SSSR count). The molecule has 1 N–H and O–H groups in total. The Morgan fingerprint density at radius 2 is 0.960 bits per heavy atom. The molecule has 0 fully saturated rings. The van der Waals surface area contributed by atoms with Gasteiger partial charge >= 0.3 is 0 Å². The fourth-order valence-electron chi connectivity index (χ4n) is 3.81. The van der Waals surface area contributed by atoms with Gasteiger partial charge in [0.15, 0.2) is 0 Å². The van der Waals surface area contributed by atoms with E-state index in [2.05, 4.69) is 66.7 Å². The van der Waals surface area contributed by atoms with Gasteiger partial charge in [-0.3, -0.25) is 0 Å². The van der Waals surface area contributed by atoms with E-state index in [4.69, 9.17) is 0 Å². The van der Waals surface area contributed by atoms with E-state index < -0.39 is 0 Å². The van der Waals surface area contributed by atoms with Crippen LogP contribution in [0.15, 0.2) is 91.0 Å². The van der Waals surface area contributed by atoms with Gasteiger partial charge in [0.05, 0.1) is 0 Å². The number of hydrogen-bond donors (Lipinski definition) is 1. The summed E-state index contributed by atoms with van der Waals surface area (Å²) in [7, 11) is 0. The van der Waals surface area contributed by atoms with Gasteiger partial charge in [0.1, 0.15) is 5.75 Å². The van der Waals surface area contributed by atoms with E-state index in [1.165, 1.54) is 27.8 Å². The zero-order valence-corrected chi connectivity index (χ0v) is 13.6. The van der Waals surface area contributed by atoms with Crippen LogP contribution in [0.2, 0.25) is 0 Å². The Morgan fingerprint density at radius 3 is 1.68 bits per heavy atom. The van der Waals surface area contributed by atoms with Crippen molar-refractivity contribution < 1.29 is 5.11 Å². The zero-order chi connectivity index (χ0) is 16.8. The van der Waals surface area contributed by atoms with Gasteiger partial charge in [-0.2, -0.15) is 0 Å². The minimum atomic E-state index is 0.356. The summed E-state index contributed by atoms with van der Waals surface area (Å²) in [6, 6.07) is 31.0. The van der Waals surface area contributed by atoms with Gasteiger partial charge in [-0.15, -0.1) is 0 Å². The van der Waals surface area contributed by atoms with E-state index in [-0.39, 0.29) is 0 Å². The summed E-state index contributed by atoms with van der Waals surface area (Å²) in [6.07, 6.45) is 0. The van der Waals surface area contributed by atoms with E-state index in [1.54, 1.807) is 0 Å². The van der Waals surface area contributed by atoms with E-state index in [9.17, 15) is 5.11 Å². The van der Waals surface area contributed by atoms with Crippen molar-refractivity contribution in [3.8, 4) is 50.3 Å². The molecule has 118 valence electrons. The SMILES string of the molecule is Oc1ccc(-c2ccccc2-c2ccccc2)c2c1-c1ccccc1-2. The van der Waals surface area contributed by atoms with Crippen LogP contribution in [-0.2, 0) is 0 Å². The third-order valence-corrected chi connectivity index (χ3v) is 4.95. The third kappa shape index (κ3) is 2.03. The first-order valence-electron chi connectivity index (χ1n) is 8.45. The number of aromatic hydroxyl groups is 1. The number of phenolic OH excluding ortho intramolecular Hbond substituents is 1. The molecule has 0 bridgehead atoms. The first kappa shape index (κ1) is 14.1. The smallest absolute Gasteiger partial charge is 0.124 e. The van der Waals surface area contributed by atoms with Gasteiger partial charge in [0.2, 0.25) is 0 Å². The second kappa shape index (κ2) is 5.35. The van der Waals surface area contributed by atoms with Crippen molar-refractivity contribution in [1.29, 1.82) is 0 Å². The Balaban J connectivity index is 1.77. The molecule has 25 heavy (non-hydrogen) atoms. The van der Waals surface area contributed by atoms with E-state index in [1.807, 2.05) is 24.3 Å². The molecule has 0 spiro atoms. The fraction of sp³-hybridized carbons (Fsp3) is 0. The molecule has 0 unspecified atom stereocenters. The highest BCUT2D eigenvalue weighted by atomic mass is 16.3. The predicted octanol–water partition coefficient (Wildman–Crippen LogP) is 6.37. The first-order valence-corrected chi connectivity index (χ1v) is 8.45. The topological polar surface area (TPSA) is 20.2 Å². The quantitative estimate of drug-likeness (QED) is 0.400. The summed E-state index contributed by atoms with van der Waals surface area (Å²) < 4.78 is 0. The molecule has 0 saturated heterocycles. The normalized spacial score (nSPS) is 11.4. The van der Waals surface area contributed by atoms with Crippen LogP contribution in [0, 0.1) is 0 Å². The zero-order valence-electron chi connectivity index (χ0n) is 13.6. The van der Waals surface area contributed by atoms with Gasteiger partial charge in [0, 0.05) is 11.1 Å². The molecule has 0 aliphatic heterocycles. The summed E-state index contributed by atoms with van der Waals surface area (Å²) in [5.41, 5.74) is 9.24. The predicted molar refractivity (Wildman–Crippen MR) is 103 cm³/mol. The van der Waals surface area contributed by atoms with Gasteiger partial charge in [-0.1, -0.05) is 84.9 Å². The second-order valence-corrected chi connectivity index (χ2v) is 6.34. The van der Waals surface area contributed by atoms with E-state index in [0.717, 1.165) is 16.7 Å². The average Bonchev–Trinajstić information content (AvgIpc) is 2.66. The molecule has 0 aromatic heterocycles. The molecule has 0 heterocycles. The molecule has 0 saturated carbocycles. The van der Waals surface area contributed by atoms with Crippen LogP contribution >= 0.6 is 0 Å². The molecular weight excluding hydrogens is 304 g/mol. The number of rotatable bonds is 2. The lowest BCUT2D eigenvalue weighted by Gasteiger charge is -2.28. The summed E-state index contributed by atoms with van der Waals surface area (Å²) in [5.74, 6) is 0.356. The van der Waals surface area contributed by atoms with Crippen molar-refractivity contribution in [2.75, 3.05) is 0 Å². The van der Waals surface area contributed by atoms with E-state index >= 15 is 0 Å². The molecule has 0 atom stereocenters. The van der Waals surface area contributed by atoms with Gasteiger partial charge in [0.25, 0.3) is 0 Å². The Labute approximate surface area is 146 Å². The Kier molecular flexibility index (Phi) is 3.01.